The van der Waals surface area contributed by atoms with E-state index in [1.54, 1.807) is 36.4 Å². The van der Waals surface area contributed by atoms with Gasteiger partial charge >= 0.3 is 0 Å². The van der Waals surface area contributed by atoms with Gasteiger partial charge in [0.15, 0.2) is 0 Å². The molecule has 3 aliphatic rings. The number of anilines is 2. The van der Waals surface area contributed by atoms with Crippen LogP contribution in [0.2, 0.25) is 0 Å². The second-order valence-electron chi connectivity index (χ2n) is 12.1. The predicted octanol–water partition coefficient (Wildman–Crippen LogP) is 8.31. The lowest BCUT2D eigenvalue weighted by molar-refractivity contribution is -0.115. The average Bonchev–Trinajstić information content (AvgIpc) is 3.20. The molecule has 1 aliphatic heterocycles. The van der Waals surface area contributed by atoms with Crippen LogP contribution in [0, 0.1) is 0 Å². The van der Waals surface area contributed by atoms with E-state index in [1.165, 1.54) is 51.7 Å². The Hall–Kier alpha value is -4.94. The number of ketones is 4. The van der Waals surface area contributed by atoms with Gasteiger partial charge in [0.05, 0.1) is 42.3 Å². The quantitative estimate of drug-likeness (QED) is 0.141. The largest absolute Gasteiger partial charge is 0.493 e. The molecule has 2 aliphatic carbocycles. The van der Waals surface area contributed by atoms with Gasteiger partial charge in [-0.3, -0.25) is 33.7 Å². The zero-order chi connectivity index (χ0) is 42.0. The fourth-order valence-corrected chi connectivity index (χ4v) is 5.78. The van der Waals surface area contributed by atoms with Gasteiger partial charge < -0.3 is 24.8 Å². The molecular weight excluding hydrogens is 714 g/mol. The number of hydrogen-bond donors (Lipinski definition) is 2. The zero-order valence-corrected chi connectivity index (χ0v) is 34.9. The van der Waals surface area contributed by atoms with Crippen molar-refractivity contribution in [2.24, 2.45) is 0 Å². The summed E-state index contributed by atoms with van der Waals surface area (Å²) < 4.78 is 16.9. The van der Waals surface area contributed by atoms with Crippen molar-refractivity contribution >= 4 is 57.8 Å². The molecule has 12 nitrogen and oxygen atoms in total. The summed E-state index contributed by atoms with van der Waals surface area (Å²) in [6.45, 7) is 21.6. The molecular formula is C44H63N3O9. The van der Waals surface area contributed by atoms with Crippen molar-refractivity contribution in [1.82, 2.24) is 4.90 Å². The lowest BCUT2D eigenvalue weighted by Gasteiger charge is -2.27. The van der Waals surface area contributed by atoms with E-state index >= 15 is 0 Å². The number of carbonyl (C=O) groups is 6. The second-order valence-corrected chi connectivity index (χ2v) is 12.1. The van der Waals surface area contributed by atoms with Crippen LogP contribution in [0.5, 0.6) is 0 Å². The summed E-state index contributed by atoms with van der Waals surface area (Å²) in [6.07, 6.45) is 9.34. The minimum absolute atomic E-state index is 0.187. The Bertz CT molecular complexity index is 1670. The first-order valence-corrected chi connectivity index (χ1v) is 20.1. The summed E-state index contributed by atoms with van der Waals surface area (Å²) in [5, 5.41) is 5.20. The van der Waals surface area contributed by atoms with Crippen LogP contribution >= 0.6 is 0 Å². The Kier molecular flexibility index (Phi) is 24.2. The highest BCUT2D eigenvalue weighted by Crippen LogP contribution is 2.33. The van der Waals surface area contributed by atoms with Gasteiger partial charge in [-0.15, -0.1) is 0 Å². The first-order chi connectivity index (χ1) is 27.1. The van der Waals surface area contributed by atoms with Gasteiger partial charge in [-0.1, -0.05) is 105 Å². The highest BCUT2D eigenvalue weighted by molar-refractivity contribution is 6.52. The lowest BCUT2D eigenvalue weighted by atomic mass is 9.92. The Morgan fingerprint density at radius 3 is 1.52 bits per heavy atom. The Balaban J connectivity index is 0.000000494. The number of ether oxygens (including phenoxy) is 3. The zero-order valence-electron chi connectivity index (χ0n) is 34.9. The standard InChI is InChI=1S/C20H25NO4.C18H20N2O5.3C2H6/c1-3-4-5-6-7-8-12-25-18-13-17(23)20(24)19-15(18)10-9-11-16(19)21-14(2)22;1-12(21)19-14-4-2-3-13-16(11-15(22)18(23)17(13)14)25-10-7-20-5-8-24-9-6-20;3*1-2/h9-11,13H,3-8,12H2,1-2H3,(H,21,22);2-4,11H,5-10H2,1H3,(H,19,21);3*1-2H3. The lowest BCUT2D eigenvalue weighted by Crippen LogP contribution is -2.38. The molecule has 0 bridgehead atoms. The van der Waals surface area contributed by atoms with Crippen molar-refractivity contribution in [2.75, 3.05) is 56.7 Å². The van der Waals surface area contributed by atoms with Crippen molar-refractivity contribution in [2.45, 2.75) is 101 Å². The maximum atomic E-state index is 12.3. The SMILES string of the molecule is CC.CC.CC.CC(=O)Nc1cccc2c1C(=O)C(=O)C=C2OCCN1CCOCC1.CCCCCCCCOC1=CC(=O)C(=O)c2c(NC(C)=O)cccc21. The predicted molar refractivity (Wildman–Crippen MR) is 223 cm³/mol. The summed E-state index contributed by atoms with van der Waals surface area (Å²) in [6, 6.07) is 10.1. The number of hydrogen-bond acceptors (Lipinski definition) is 10. The number of amides is 2. The number of fused-ring (bicyclic) bond motifs is 2. The van der Waals surface area contributed by atoms with Gasteiger partial charge in [-0.05, 0) is 18.6 Å². The summed E-state index contributed by atoms with van der Waals surface area (Å²) in [5.74, 6) is -2.36. The van der Waals surface area contributed by atoms with E-state index < -0.39 is 23.1 Å². The van der Waals surface area contributed by atoms with Gasteiger partial charge in [0.2, 0.25) is 34.9 Å². The van der Waals surface area contributed by atoms with Crippen molar-refractivity contribution < 1.29 is 43.0 Å². The third kappa shape index (κ3) is 15.3. The van der Waals surface area contributed by atoms with E-state index in [9.17, 15) is 28.8 Å². The molecule has 2 N–H and O–H groups in total. The van der Waals surface area contributed by atoms with E-state index in [1.807, 2.05) is 41.5 Å². The van der Waals surface area contributed by atoms with Crippen molar-refractivity contribution in [3.05, 3.63) is 70.8 Å². The van der Waals surface area contributed by atoms with E-state index in [0.29, 0.717) is 67.0 Å². The third-order valence-electron chi connectivity index (χ3n) is 8.23. The maximum absolute atomic E-state index is 12.3. The molecule has 2 aromatic carbocycles. The highest BCUT2D eigenvalue weighted by Gasteiger charge is 2.31. The molecule has 0 unspecified atom stereocenters. The molecule has 2 aromatic rings. The number of allylic oxidation sites excluding steroid dienone is 2. The molecule has 0 aromatic heterocycles. The summed E-state index contributed by atoms with van der Waals surface area (Å²) in [7, 11) is 0. The topological polar surface area (TPSA) is 157 Å². The highest BCUT2D eigenvalue weighted by atomic mass is 16.5. The van der Waals surface area contributed by atoms with Crippen LogP contribution in [0.4, 0.5) is 11.4 Å². The molecule has 0 radical (unpaired) electrons. The van der Waals surface area contributed by atoms with Gasteiger partial charge in [-0.25, -0.2) is 0 Å². The summed E-state index contributed by atoms with van der Waals surface area (Å²) in [5.41, 5.74) is 2.15. The van der Waals surface area contributed by atoms with Crippen LogP contribution in [-0.2, 0) is 33.4 Å². The average molecular weight is 778 g/mol. The molecule has 5 rings (SSSR count). The number of morpholine rings is 1. The van der Waals surface area contributed by atoms with Crippen LogP contribution in [0.3, 0.4) is 0 Å². The Labute approximate surface area is 333 Å². The van der Waals surface area contributed by atoms with Crippen LogP contribution in [0.1, 0.15) is 133 Å². The first kappa shape index (κ1) is 49.1. The number of carbonyl (C=O) groups excluding carboxylic acids is 6. The number of benzene rings is 2. The fraction of sp³-hybridized carbons (Fsp3) is 0.500. The first-order valence-electron chi connectivity index (χ1n) is 20.1. The molecule has 56 heavy (non-hydrogen) atoms. The van der Waals surface area contributed by atoms with Crippen LogP contribution in [-0.4, -0.2) is 85.9 Å². The molecule has 0 atom stereocenters. The molecule has 0 spiro atoms. The van der Waals surface area contributed by atoms with Crippen LogP contribution in [0.25, 0.3) is 11.5 Å². The molecule has 12 heteroatoms. The van der Waals surface area contributed by atoms with E-state index in [-0.39, 0.29) is 22.9 Å². The van der Waals surface area contributed by atoms with Gasteiger partial charge in [0.1, 0.15) is 18.1 Å². The van der Waals surface area contributed by atoms with Crippen LogP contribution < -0.4 is 10.6 Å². The maximum Gasteiger partial charge on any atom is 0.235 e. The van der Waals surface area contributed by atoms with Crippen LogP contribution in [0.15, 0.2) is 48.6 Å². The van der Waals surface area contributed by atoms with Gasteiger partial charge in [0, 0.05) is 56.8 Å². The van der Waals surface area contributed by atoms with Crippen molar-refractivity contribution in [3.63, 3.8) is 0 Å². The Morgan fingerprint density at radius 2 is 1.07 bits per heavy atom. The molecule has 1 saturated heterocycles. The van der Waals surface area contributed by atoms with E-state index in [4.69, 9.17) is 14.2 Å². The normalized spacial score (nSPS) is 14.2. The summed E-state index contributed by atoms with van der Waals surface area (Å²) >= 11 is 0. The van der Waals surface area contributed by atoms with E-state index in [0.717, 1.165) is 25.9 Å². The number of unbranched alkanes of at least 4 members (excludes halogenated alkanes) is 5. The monoisotopic (exact) mass is 777 g/mol. The summed E-state index contributed by atoms with van der Waals surface area (Å²) in [4.78, 5) is 73.4. The van der Waals surface area contributed by atoms with Crippen molar-refractivity contribution in [1.29, 1.82) is 0 Å². The molecule has 1 fully saturated rings. The van der Waals surface area contributed by atoms with Gasteiger partial charge in [0.25, 0.3) is 0 Å². The minimum Gasteiger partial charge on any atom is -0.493 e. The molecule has 2 amide bonds. The van der Waals surface area contributed by atoms with E-state index in [2.05, 4.69) is 22.5 Å². The fourth-order valence-electron chi connectivity index (χ4n) is 5.78. The molecule has 308 valence electrons. The van der Waals surface area contributed by atoms with Crippen molar-refractivity contribution in [3.8, 4) is 0 Å². The smallest absolute Gasteiger partial charge is 0.235 e. The Morgan fingerprint density at radius 1 is 0.643 bits per heavy atom. The third-order valence-corrected chi connectivity index (χ3v) is 8.23. The molecule has 0 saturated carbocycles. The number of nitrogens with zero attached hydrogens (tertiary/aromatic N) is 1. The molecule has 1 heterocycles. The second kappa shape index (κ2) is 27.6. The number of Topliss-reactive ketones (excluding diaryl/α,β-unsaturated/α-hetero) is 2. The number of rotatable bonds is 14. The number of nitrogens with one attached hydrogen (secondary N) is 2. The minimum atomic E-state index is -0.647. The van der Waals surface area contributed by atoms with Gasteiger partial charge in [-0.2, -0.15) is 0 Å².